The van der Waals surface area contributed by atoms with E-state index in [1.807, 2.05) is 0 Å². The normalized spacial score (nSPS) is 27.3. The van der Waals surface area contributed by atoms with Crippen LogP contribution in [0.3, 0.4) is 0 Å². The van der Waals surface area contributed by atoms with Crippen LogP contribution in [0, 0.1) is 5.41 Å². The third kappa shape index (κ3) is 2.52. The summed E-state index contributed by atoms with van der Waals surface area (Å²) in [6, 6.07) is -0.179. The zero-order valence-electron chi connectivity index (χ0n) is 9.29. The summed E-state index contributed by atoms with van der Waals surface area (Å²) in [7, 11) is 0. The molecule has 2 aliphatic rings. The van der Waals surface area contributed by atoms with E-state index < -0.39 is 17.5 Å². The van der Waals surface area contributed by atoms with Crippen molar-refractivity contribution in [3.63, 3.8) is 0 Å². The molecule has 2 fully saturated rings. The van der Waals surface area contributed by atoms with Crippen molar-refractivity contribution >= 4 is 18.3 Å². The summed E-state index contributed by atoms with van der Waals surface area (Å²) in [6.45, 7) is 0.668. The van der Waals surface area contributed by atoms with Gasteiger partial charge < -0.3 is 10.6 Å². The number of hydrogen-bond donors (Lipinski definition) is 1. The molecular formula is C10H16ClF3N2O. The first-order valence-electron chi connectivity index (χ1n) is 5.48. The average molecular weight is 273 g/mol. The largest absolute Gasteiger partial charge is 0.403 e. The number of rotatable bonds is 1. The Kier molecular flexibility index (Phi) is 3.98. The van der Waals surface area contributed by atoms with Gasteiger partial charge in [0.2, 0.25) is 5.91 Å². The third-order valence-electron chi connectivity index (χ3n) is 3.45. The summed E-state index contributed by atoms with van der Waals surface area (Å²) >= 11 is 0. The van der Waals surface area contributed by atoms with Crippen LogP contribution < -0.4 is 5.73 Å². The molecule has 0 aromatic carbocycles. The van der Waals surface area contributed by atoms with Gasteiger partial charge in [-0.15, -0.1) is 12.4 Å². The number of nitrogens with two attached hydrogens (primary N) is 1. The fourth-order valence-corrected chi connectivity index (χ4v) is 2.24. The number of nitrogens with zero attached hydrogens (tertiary/aromatic N) is 1. The van der Waals surface area contributed by atoms with Gasteiger partial charge in [0.25, 0.3) is 0 Å². The van der Waals surface area contributed by atoms with E-state index in [-0.39, 0.29) is 37.8 Å². The molecule has 0 aromatic rings. The Labute approximate surface area is 104 Å². The smallest absolute Gasteiger partial charge is 0.340 e. The van der Waals surface area contributed by atoms with Crippen LogP contribution in [-0.4, -0.2) is 36.1 Å². The first kappa shape index (κ1) is 14.6. The standard InChI is InChI=1S/C10H15F3N2O.ClH/c11-10(12,13)9(3-4-9)8(16)15-5-1-2-7(14)6-15;/h7H,1-6,14H2;1H. The Morgan fingerprint density at radius 1 is 1.35 bits per heavy atom. The predicted molar refractivity (Wildman–Crippen MR) is 58.8 cm³/mol. The van der Waals surface area contributed by atoms with E-state index >= 15 is 0 Å². The number of carbonyl (C=O) groups is 1. The van der Waals surface area contributed by atoms with Gasteiger partial charge in [-0.2, -0.15) is 13.2 Å². The number of carbonyl (C=O) groups excluding carboxylic acids is 1. The average Bonchev–Trinajstić information content (AvgIpc) is 2.96. The molecule has 0 bridgehead atoms. The molecule has 7 heteroatoms. The molecule has 0 aromatic heterocycles. The maximum absolute atomic E-state index is 12.7. The molecule has 3 nitrogen and oxygen atoms in total. The highest BCUT2D eigenvalue weighted by atomic mass is 35.5. The highest BCUT2D eigenvalue weighted by Gasteiger charge is 2.69. The molecule has 100 valence electrons. The lowest BCUT2D eigenvalue weighted by Gasteiger charge is -2.34. The Morgan fingerprint density at radius 2 is 1.94 bits per heavy atom. The minimum absolute atomic E-state index is 0. The SMILES string of the molecule is Cl.NC1CCCN(C(=O)C2(C(F)(F)F)CC2)C1. The van der Waals surface area contributed by atoms with E-state index in [0.717, 1.165) is 6.42 Å². The molecule has 17 heavy (non-hydrogen) atoms. The van der Waals surface area contributed by atoms with Crippen molar-refractivity contribution < 1.29 is 18.0 Å². The van der Waals surface area contributed by atoms with E-state index in [1.165, 1.54) is 4.90 Å². The first-order valence-corrected chi connectivity index (χ1v) is 5.48. The van der Waals surface area contributed by atoms with E-state index in [1.54, 1.807) is 0 Å². The summed E-state index contributed by atoms with van der Waals surface area (Å²) < 4.78 is 38.2. The topological polar surface area (TPSA) is 46.3 Å². The maximum atomic E-state index is 12.7. The molecule has 0 spiro atoms. The molecule has 1 saturated heterocycles. The highest BCUT2D eigenvalue weighted by molar-refractivity contribution is 5.86. The minimum atomic E-state index is -4.41. The van der Waals surface area contributed by atoms with E-state index in [2.05, 4.69) is 0 Å². The zero-order chi connectivity index (χ0) is 12.0. The molecule has 1 unspecified atom stereocenters. The second kappa shape index (κ2) is 4.65. The molecule has 1 heterocycles. The van der Waals surface area contributed by atoms with Crippen molar-refractivity contribution in [2.75, 3.05) is 13.1 Å². The lowest BCUT2D eigenvalue weighted by atomic mass is 10.0. The maximum Gasteiger partial charge on any atom is 0.403 e. The summed E-state index contributed by atoms with van der Waals surface area (Å²) in [4.78, 5) is 13.1. The van der Waals surface area contributed by atoms with Crippen LogP contribution >= 0.6 is 12.4 Å². The molecule has 1 atom stereocenters. The van der Waals surface area contributed by atoms with Crippen molar-refractivity contribution in [1.82, 2.24) is 4.90 Å². The molecule has 2 rings (SSSR count). The summed E-state index contributed by atoms with van der Waals surface area (Å²) in [5.41, 5.74) is 3.58. The molecular weight excluding hydrogens is 257 g/mol. The molecule has 2 N–H and O–H groups in total. The fraction of sp³-hybridized carbons (Fsp3) is 0.900. The van der Waals surface area contributed by atoms with Crippen LogP contribution in [0.1, 0.15) is 25.7 Å². The number of amides is 1. The Hall–Kier alpha value is -0.490. The van der Waals surface area contributed by atoms with Crippen LogP contribution in [0.5, 0.6) is 0 Å². The summed E-state index contributed by atoms with van der Waals surface area (Å²) in [6.07, 6.45) is -3.07. The second-order valence-corrected chi connectivity index (χ2v) is 4.73. The third-order valence-corrected chi connectivity index (χ3v) is 3.45. The van der Waals surface area contributed by atoms with Crippen molar-refractivity contribution in [3.05, 3.63) is 0 Å². The number of alkyl halides is 3. The van der Waals surface area contributed by atoms with Crippen molar-refractivity contribution in [2.45, 2.75) is 37.9 Å². The van der Waals surface area contributed by atoms with Crippen LogP contribution in [0.4, 0.5) is 13.2 Å². The van der Waals surface area contributed by atoms with Crippen LogP contribution in [-0.2, 0) is 4.79 Å². The van der Waals surface area contributed by atoms with Gasteiger partial charge in [-0.25, -0.2) is 0 Å². The van der Waals surface area contributed by atoms with E-state index in [0.29, 0.717) is 13.0 Å². The van der Waals surface area contributed by atoms with Crippen molar-refractivity contribution in [1.29, 1.82) is 0 Å². The minimum Gasteiger partial charge on any atom is -0.340 e. The Bertz CT molecular complexity index is 304. The quantitative estimate of drug-likeness (QED) is 0.790. The van der Waals surface area contributed by atoms with Crippen molar-refractivity contribution in [2.24, 2.45) is 11.1 Å². The number of hydrogen-bond acceptors (Lipinski definition) is 2. The van der Waals surface area contributed by atoms with Gasteiger partial charge >= 0.3 is 6.18 Å². The van der Waals surface area contributed by atoms with Gasteiger partial charge in [0.1, 0.15) is 5.41 Å². The van der Waals surface area contributed by atoms with E-state index in [9.17, 15) is 18.0 Å². The van der Waals surface area contributed by atoms with Gasteiger partial charge in [0.15, 0.2) is 0 Å². The van der Waals surface area contributed by atoms with Gasteiger partial charge in [-0.1, -0.05) is 0 Å². The van der Waals surface area contributed by atoms with Crippen molar-refractivity contribution in [3.8, 4) is 0 Å². The lowest BCUT2D eigenvalue weighted by molar-refractivity contribution is -0.199. The predicted octanol–water partition coefficient (Wildman–Crippen LogP) is 1.70. The molecule has 1 amide bonds. The lowest BCUT2D eigenvalue weighted by Crippen LogP contribution is -2.51. The monoisotopic (exact) mass is 272 g/mol. The molecule has 1 aliphatic heterocycles. The summed E-state index contributed by atoms with van der Waals surface area (Å²) in [5.74, 6) is -0.768. The fourth-order valence-electron chi connectivity index (χ4n) is 2.24. The van der Waals surface area contributed by atoms with Gasteiger partial charge in [0.05, 0.1) is 0 Å². The Morgan fingerprint density at radius 3 is 2.35 bits per heavy atom. The number of piperidine rings is 1. The van der Waals surface area contributed by atoms with Crippen LogP contribution in [0.15, 0.2) is 0 Å². The van der Waals surface area contributed by atoms with Gasteiger partial charge in [0, 0.05) is 19.1 Å². The number of halogens is 4. The van der Waals surface area contributed by atoms with Gasteiger partial charge in [-0.05, 0) is 25.7 Å². The molecule has 0 radical (unpaired) electrons. The van der Waals surface area contributed by atoms with Gasteiger partial charge in [-0.3, -0.25) is 4.79 Å². The number of likely N-dealkylation sites (tertiary alicyclic amines) is 1. The summed E-state index contributed by atoms with van der Waals surface area (Å²) in [5, 5.41) is 0. The van der Waals surface area contributed by atoms with Crippen LogP contribution in [0.2, 0.25) is 0 Å². The van der Waals surface area contributed by atoms with E-state index in [4.69, 9.17) is 5.73 Å². The highest BCUT2D eigenvalue weighted by Crippen LogP contribution is 2.58. The molecule has 1 saturated carbocycles. The molecule has 1 aliphatic carbocycles. The Balaban J connectivity index is 0.00000144. The second-order valence-electron chi connectivity index (χ2n) is 4.73. The van der Waals surface area contributed by atoms with Crippen LogP contribution in [0.25, 0.3) is 0 Å². The zero-order valence-corrected chi connectivity index (χ0v) is 10.1. The first-order chi connectivity index (χ1) is 7.37.